The van der Waals surface area contributed by atoms with Gasteiger partial charge in [0.05, 0.1) is 5.69 Å². The second-order valence-electron chi connectivity index (χ2n) is 6.47. The van der Waals surface area contributed by atoms with Gasteiger partial charge in [0.2, 0.25) is 0 Å². The number of carbonyl (C=O) groups is 1. The number of amides is 2. The first-order chi connectivity index (χ1) is 12.2. The largest absolute Gasteiger partial charge is 0.396 e. The maximum atomic E-state index is 12.4. The van der Waals surface area contributed by atoms with Crippen molar-refractivity contribution in [2.24, 2.45) is 5.92 Å². The number of benzene rings is 1. The number of anilines is 1. The molecule has 3 N–H and O–H groups in total. The zero-order valence-corrected chi connectivity index (χ0v) is 14.4. The molecule has 1 heterocycles. The number of nitrogens with zero attached hydrogens (tertiary/aromatic N) is 4. The van der Waals surface area contributed by atoms with Gasteiger partial charge in [0.1, 0.15) is 0 Å². The third-order valence-corrected chi connectivity index (χ3v) is 4.68. The van der Waals surface area contributed by atoms with Gasteiger partial charge in [-0.15, -0.1) is 5.10 Å². The van der Waals surface area contributed by atoms with Crippen LogP contribution in [0.3, 0.4) is 0 Å². The Balaban J connectivity index is 1.65. The normalized spacial score (nSPS) is 20.7. The summed E-state index contributed by atoms with van der Waals surface area (Å²) in [5.41, 5.74) is 1.45. The van der Waals surface area contributed by atoms with Crippen LogP contribution in [0, 0.1) is 12.8 Å². The molecule has 25 heavy (non-hydrogen) atoms. The van der Waals surface area contributed by atoms with Gasteiger partial charge < -0.3 is 15.7 Å². The Labute approximate surface area is 146 Å². The molecule has 1 aromatic heterocycles. The first kappa shape index (κ1) is 17.3. The molecule has 0 spiro atoms. The van der Waals surface area contributed by atoms with E-state index in [2.05, 4.69) is 26.2 Å². The molecule has 1 saturated carbocycles. The first-order valence-corrected chi connectivity index (χ1v) is 8.71. The number of aromatic nitrogens is 4. The second-order valence-corrected chi connectivity index (χ2v) is 6.47. The van der Waals surface area contributed by atoms with Gasteiger partial charge in [-0.05, 0) is 48.4 Å². The lowest BCUT2D eigenvalue weighted by atomic mass is 9.96. The quantitative estimate of drug-likeness (QED) is 0.736. The average molecular weight is 344 g/mol. The fourth-order valence-electron chi connectivity index (χ4n) is 3.31. The lowest BCUT2D eigenvalue weighted by Crippen LogP contribution is -2.43. The summed E-state index contributed by atoms with van der Waals surface area (Å²) in [5.74, 6) is 0.800. The first-order valence-electron chi connectivity index (χ1n) is 8.71. The van der Waals surface area contributed by atoms with E-state index in [1.807, 2.05) is 31.2 Å². The van der Waals surface area contributed by atoms with Gasteiger partial charge in [0.25, 0.3) is 0 Å². The van der Waals surface area contributed by atoms with Crippen LogP contribution in [0.4, 0.5) is 10.5 Å². The molecule has 8 heteroatoms. The van der Waals surface area contributed by atoms with Crippen molar-refractivity contribution in [3.63, 3.8) is 0 Å². The summed E-state index contributed by atoms with van der Waals surface area (Å²) in [7, 11) is 0. The number of nitrogens with one attached hydrogen (secondary N) is 2. The van der Waals surface area contributed by atoms with Gasteiger partial charge in [0.15, 0.2) is 5.82 Å². The predicted octanol–water partition coefficient (Wildman–Crippen LogP) is 2.03. The Kier molecular flexibility index (Phi) is 5.60. The van der Waals surface area contributed by atoms with Crippen molar-refractivity contribution in [1.29, 1.82) is 0 Å². The van der Waals surface area contributed by atoms with Crippen molar-refractivity contribution in [2.75, 3.05) is 11.9 Å². The molecule has 2 aromatic rings. The summed E-state index contributed by atoms with van der Waals surface area (Å²) in [6.45, 7) is 1.92. The van der Waals surface area contributed by atoms with Crippen LogP contribution in [0.25, 0.3) is 5.69 Å². The SMILES string of the molecule is Cc1nnnn1-c1cccc(NC(=O)N[C@H]2CCCCC[C@H]2CO)c1. The van der Waals surface area contributed by atoms with Crippen molar-refractivity contribution in [1.82, 2.24) is 25.5 Å². The average Bonchev–Trinajstić information content (AvgIpc) is 2.90. The second kappa shape index (κ2) is 8.06. The lowest BCUT2D eigenvalue weighted by Gasteiger charge is -2.24. The summed E-state index contributed by atoms with van der Waals surface area (Å²) in [4.78, 5) is 12.4. The molecule has 0 saturated heterocycles. The number of aliphatic hydroxyl groups is 1. The number of hydrogen-bond donors (Lipinski definition) is 3. The van der Waals surface area contributed by atoms with Crippen LogP contribution in [0.2, 0.25) is 0 Å². The van der Waals surface area contributed by atoms with Crippen LogP contribution in [-0.4, -0.2) is 44.0 Å². The molecule has 2 amide bonds. The maximum absolute atomic E-state index is 12.4. The molecule has 3 rings (SSSR count). The van der Waals surface area contributed by atoms with Crippen molar-refractivity contribution in [2.45, 2.75) is 45.1 Å². The van der Waals surface area contributed by atoms with Gasteiger partial charge in [-0.3, -0.25) is 0 Å². The number of aliphatic hydroxyl groups excluding tert-OH is 1. The summed E-state index contributed by atoms with van der Waals surface area (Å²) in [6, 6.07) is 7.11. The Morgan fingerprint density at radius 1 is 1.32 bits per heavy atom. The van der Waals surface area contributed by atoms with Crippen molar-refractivity contribution >= 4 is 11.7 Å². The molecule has 134 valence electrons. The Bertz CT molecular complexity index is 717. The van der Waals surface area contributed by atoms with E-state index < -0.39 is 0 Å². The van der Waals surface area contributed by atoms with Gasteiger partial charge in [-0.25, -0.2) is 4.79 Å². The van der Waals surface area contributed by atoms with Crippen molar-refractivity contribution in [3.8, 4) is 5.69 Å². The highest BCUT2D eigenvalue weighted by atomic mass is 16.3. The minimum Gasteiger partial charge on any atom is -0.396 e. The van der Waals surface area contributed by atoms with Crippen LogP contribution in [0.5, 0.6) is 0 Å². The molecule has 0 bridgehead atoms. The van der Waals surface area contributed by atoms with Gasteiger partial charge >= 0.3 is 6.03 Å². The number of tetrazole rings is 1. The fraction of sp³-hybridized carbons (Fsp3) is 0.529. The zero-order chi connectivity index (χ0) is 17.6. The Morgan fingerprint density at radius 2 is 2.16 bits per heavy atom. The molecule has 8 nitrogen and oxygen atoms in total. The monoisotopic (exact) mass is 344 g/mol. The molecule has 1 aliphatic rings. The number of urea groups is 1. The number of aryl methyl sites for hydroxylation is 1. The summed E-state index contributed by atoms with van der Waals surface area (Å²) in [6.07, 6.45) is 5.20. The number of rotatable bonds is 4. The van der Waals surface area contributed by atoms with Crippen LogP contribution in [0.15, 0.2) is 24.3 Å². The van der Waals surface area contributed by atoms with Crippen LogP contribution in [-0.2, 0) is 0 Å². The molecule has 1 aromatic carbocycles. The number of carbonyl (C=O) groups excluding carboxylic acids is 1. The van der Waals surface area contributed by atoms with Gasteiger partial charge in [-0.1, -0.05) is 25.3 Å². The Hall–Kier alpha value is -2.48. The van der Waals surface area contributed by atoms with Gasteiger partial charge in [-0.2, -0.15) is 4.68 Å². The zero-order valence-electron chi connectivity index (χ0n) is 14.4. The minimum atomic E-state index is -0.254. The molecule has 2 atom stereocenters. The molecule has 0 aliphatic heterocycles. The highest BCUT2D eigenvalue weighted by molar-refractivity contribution is 5.89. The van der Waals surface area contributed by atoms with E-state index >= 15 is 0 Å². The topological polar surface area (TPSA) is 105 Å². The van der Waals surface area contributed by atoms with E-state index in [1.165, 1.54) is 0 Å². The van der Waals surface area contributed by atoms with Crippen molar-refractivity contribution in [3.05, 3.63) is 30.1 Å². The minimum absolute atomic E-state index is 0.0115. The smallest absolute Gasteiger partial charge is 0.319 e. The molecule has 1 aliphatic carbocycles. The van der Waals surface area contributed by atoms with Crippen molar-refractivity contribution < 1.29 is 9.90 Å². The Morgan fingerprint density at radius 3 is 2.92 bits per heavy atom. The maximum Gasteiger partial charge on any atom is 0.319 e. The van der Waals surface area contributed by atoms with Gasteiger partial charge in [0, 0.05) is 24.3 Å². The van der Waals surface area contributed by atoms with Crippen LogP contribution in [0.1, 0.15) is 37.9 Å². The standard InChI is InChI=1S/C17H24N6O2/c1-12-20-21-22-23(12)15-8-5-7-14(10-15)18-17(25)19-16-9-4-2-3-6-13(16)11-24/h5,7-8,10,13,16,24H,2-4,6,9,11H2,1H3,(H2,18,19,25)/t13-,16-/m0/s1. The highest BCUT2D eigenvalue weighted by Gasteiger charge is 2.24. The van der Waals surface area contributed by atoms with E-state index in [0.29, 0.717) is 11.5 Å². The predicted molar refractivity (Wildman–Crippen MR) is 93.5 cm³/mol. The third kappa shape index (κ3) is 4.33. The lowest BCUT2D eigenvalue weighted by molar-refractivity contribution is 0.182. The van der Waals surface area contributed by atoms with E-state index in [-0.39, 0.29) is 24.6 Å². The molecular weight excluding hydrogens is 320 g/mol. The van der Waals surface area contributed by atoms with E-state index in [4.69, 9.17) is 0 Å². The van der Waals surface area contributed by atoms with Crippen LogP contribution < -0.4 is 10.6 Å². The molecule has 0 radical (unpaired) electrons. The summed E-state index contributed by atoms with van der Waals surface area (Å²) >= 11 is 0. The van der Waals surface area contributed by atoms with E-state index in [1.54, 1.807) is 4.68 Å². The molecule has 1 fully saturated rings. The fourth-order valence-corrected chi connectivity index (χ4v) is 3.31. The molecular formula is C17H24N6O2. The summed E-state index contributed by atoms with van der Waals surface area (Å²) in [5, 5.41) is 26.9. The summed E-state index contributed by atoms with van der Waals surface area (Å²) < 4.78 is 1.61. The number of hydrogen-bond acceptors (Lipinski definition) is 5. The highest BCUT2D eigenvalue weighted by Crippen LogP contribution is 2.23. The van der Waals surface area contributed by atoms with Crippen LogP contribution >= 0.6 is 0 Å². The van der Waals surface area contributed by atoms with E-state index in [0.717, 1.165) is 37.8 Å². The molecule has 0 unspecified atom stereocenters. The van der Waals surface area contributed by atoms with E-state index in [9.17, 15) is 9.90 Å². The third-order valence-electron chi connectivity index (χ3n) is 4.68.